The SMILES string of the molecule is O=C(NCCCC1CCN(C(=O)C2CCCCC2)CC1)C1CC2CNCCC2N1. The van der Waals surface area contributed by atoms with E-state index in [1.165, 1.54) is 25.7 Å². The molecule has 1 aliphatic carbocycles. The molecule has 4 rings (SSSR count). The van der Waals surface area contributed by atoms with E-state index in [0.717, 1.165) is 77.7 Å². The van der Waals surface area contributed by atoms with E-state index in [1.54, 1.807) is 0 Å². The summed E-state index contributed by atoms with van der Waals surface area (Å²) in [4.78, 5) is 27.3. The highest BCUT2D eigenvalue weighted by molar-refractivity contribution is 5.82. The van der Waals surface area contributed by atoms with Crippen molar-refractivity contribution in [2.45, 2.75) is 82.7 Å². The first-order chi connectivity index (χ1) is 14.2. The van der Waals surface area contributed by atoms with Gasteiger partial charge in [0.25, 0.3) is 0 Å². The number of carbonyl (C=O) groups excluding carboxylic acids is 2. The number of carbonyl (C=O) groups is 2. The Morgan fingerprint density at radius 1 is 1.00 bits per heavy atom. The number of fused-ring (bicyclic) bond motifs is 1. The average Bonchev–Trinajstić information content (AvgIpc) is 3.22. The lowest BCUT2D eigenvalue weighted by molar-refractivity contribution is -0.138. The quantitative estimate of drug-likeness (QED) is 0.593. The van der Waals surface area contributed by atoms with Crippen LogP contribution in [0.2, 0.25) is 0 Å². The number of amides is 2. The molecule has 3 aliphatic heterocycles. The van der Waals surface area contributed by atoms with E-state index in [1.807, 2.05) is 0 Å². The van der Waals surface area contributed by atoms with Crippen LogP contribution in [0.3, 0.4) is 0 Å². The predicted octanol–water partition coefficient (Wildman–Crippen LogP) is 2.04. The summed E-state index contributed by atoms with van der Waals surface area (Å²) < 4.78 is 0. The lowest BCUT2D eigenvalue weighted by Gasteiger charge is -2.35. The minimum Gasteiger partial charge on any atom is -0.355 e. The molecule has 29 heavy (non-hydrogen) atoms. The second kappa shape index (κ2) is 10.3. The van der Waals surface area contributed by atoms with Crippen LogP contribution >= 0.6 is 0 Å². The molecule has 0 aromatic rings. The first-order valence-electron chi connectivity index (χ1n) is 12.2. The number of hydrogen-bond acceptors (Lipinski definition) is 4. The summed E-state index contributed by atoms with van der Waals surface area (Å²) >= 11 is 0. The summed E-state index contributed by atoms with van der Waals surface area (Å²) in [6.07, 6.45) is 12.6. The Kier molecular flexibility index (Phi) is 7.46. The first-order valence-corrected chi connectivity index (χ1v) is 12.2. The van der Waals surface area contributed by atoms with Crippen LogP contribution in [0.15, 0.2) is 0 Å². The standard InChI is InChI=1S/C23H40N4O2/c28-22(21-15-19-16-24-12-8-20(19)26-21)25-11-4-5-17-9-13-27(14-10-17)23(29)18-6-2-1-3-7-18/h17-21,24,26H,1-16H2,(H,25,28). The maximum Gasteiger partial charge on any atom is 0.237 e. The molecule has 0 spiro atoms. The van der Waals surface area contributed by atoms with Crippen LogP contribution in [0.25, 0.3) is 0 Å². The fraction of sp³-hybridized carbons (Fsp3) is 0.913. The van der Waals surface area contributed by atoms with Gasteiger partial charge in [0.15, 0.2) is 0 Å². The van der Waals surface area contributed by atoms with E-state index in [4.69, 9.17) is 0 Å². The van der Waals surface area contributed by atoms with Gasteiger partial charge in [0, 0.05) is 31.6 Å². The molecule has 4 fully saturated rings. The molecule has 0 aromatic carbocycles. The summed E-state index contributed by atoms with van der Waals surface area (Å²) in [5.74, 6) is 2.24. The summed E-state index contributed by atoms with van der Waals surface area (Å²) in [7, 11) is 0. The molecule has 4 aliphatic rings. The molecule has 3 saturated heterocycles. The van der Waals surface area contributed by atoms with Crippen molar-refractivity contribution in [3.63, 3.8) is 0 Å². The second-order valence-electron chi connectivity index (χ2n) is 9.85. The monoisotopic (exact) mass is 404 g/mol. The lowest BCUT2D eigenvalue weighted by Crippen LogP contribution is -2.45. The maximum atomic E-state index is 12.7. The normalized spacial score (nSPS) is 31.4. The molecule has 0 radical (unpaired) electrons. The van der Waals surface area contributed by atoms with Crippen molar-refractivity contribution in [1.29, 1.82) is 0 Å². The van der Waals surface area contributed by atoms with Crippen molar-refractivity contribution >= 4 is 11.8 Å². The van der Waals surface area contributed by atoms with E-state index in [2.05, 4.69) is 20.9 Å². The van der Waals surface area contributed by atoms with Crippen molar-refractivity contribution in [2.75, 3.05) is 32.7 Å². The zero-order valence-electron chi connectivity index (χ0n) is 18.0. The second-order valence-corrected chi connectivity index (χ2v) is 9.85. The smallest absolute Gasteiger partial charge is 0.237 e. The predicted molar refractivity (Wildman–Crippen MR) is 114 cm³/mol. The minimum atomic E-state index is -0.000983. The third kappa shape index (κ3) is 5.52. The fourth-order valence-electron chi connectivity index (χ4n) is 5.98. The topological polar surface area (TPSA) is 73.5 Å². The lowest BCUT2D eigenvalue weighted by atomic mass is 9.86. The van der Waals surface area contributed by atoms with Gasteiger partial charge in [-0.25, -0.2) is 0 Å². The van der Waals surface area contributed by atoms with Crippen LogP contribution in [0.4, 0.5) is 0 Å². The Labute approximate surface area is 175 Å². The van der Waals surface area contributed by atoms with E-state index in [0.29, 0.717) is 29.7 Å². The maximum absolute atomic E-state index is 12.7. The van der Waals surface area contributed by atoms with Crippen LogP contribution in [0.1, 0.15) is 70.6 Å². The van der Waals surface area contributed by atoms with Gasteiger partial charge in [-0.05, 0) is 76.3 Å². The van der Waals surface area contributed by atoms with Crippen LogP contribution in [0, 0.1) is 17.8 Å². The molecule has 164 valence electrons. The molecule has 3 unspecified atom stereocenters. The van der Waals surface area contributed by atoms with Gasteiger partial charge in [-0.2, -0.15) is 0 Å². The Morgan fingerprint density at radius 2 is 1.79 bits per heavy atom. The number of likely N-dealkylation sites (tertiary alicyclic amines) is 1. The largest absolute Gasteiger partial charge is 0.355 e. The Morgan fingerprint density at radius 3 is 2.55 bits per heavy atom. The number of hydrogen-bond donors (Lipinski definition) is 3. The van der Waals surface area contributed by atoms with Gasteiger partial charge in [-0.3, -0.25) is 9.59 Å². The number of nitrogens with one attached hydrogen (secondary N) is 3. The summed E-state index contributed by atoms with van der Waals surface area (Å²) in [6.45, 7) is 4.77. The molecule has 3 atom stereocenters. The highest BCUT2D eigenvalue weighted by Gasteiger charge is 2.38. The van der Waals surface area contributed by atoms with Crippen LogP contribution in [-0.4, -0.2) is 61.5 Å². The summed E-state index contributed by atoms with van der Waals surface area (Å²) in [5.41, 5.74) is 0. The molecule has 6 heteroatoms. The Hall–Kier alpha value is -1.14. The number of rotatable bonds is 6. The van der Waals surface area contributed by atoms with Crippen molar-refractivity contribution in [1.82, 2.24) is 20.9 Å². The molecule has 0 bridgehead atoms. The van der Waals surface area contributed by atoms with E-state index in [9.17, 15) is 9.59 Å². The molecular formula is C23H40N4O2. The van der Waals surface area contributed by atoms with E-state index in [-0.39, 0.29) is 11.9 Å². The van der Waals surface area contributed by atoms with Gasteiger partial charge in [0.1, 0.15) is 0 Å². The third-order valence-corrected chi connectivity index (χ3v) is 7.85. The van der Waals surface area contributed by atoms with Crippen molar-refractivity contribution < 1.29 is 9.59 Å². The summed E-state index contributed by atoms with van der Waals surface area (Å²) in [6, 6.07) is 0.521. The van der Waals surface area contributed by atoms with Gasteiger partial charge in [-0.1, -0.05) is 19.3 Å². The van der Waals surface area contributed by atoms with E-state index >= 15 is 0 Å². The fourth-order valence-corrected chi connectivity index (χ4v) is 5.98. The minimum absolute atomic E-state index is 0.000983. The highest BCUT2D eigenvalue weighted by atomic mass is 16.2. The zero-order valence-corrected chi connectivity index (χ0v) is 18.0. The number of nitrogens with zero attached hydrogens (tertiary/aromatic N) is 1. The van der Waals surface area contributed by atoms with Gasteiger partial charge < -0.3 is 20.9 Å². The average molecular weight is 405 g/mol. The molecule has 3 N–H and O–H groups in total. The zero-order chi connectivity index (χ0) is 20.1. The molecule has 2 amide bonds. The first kappa shape index (κ1) is 21.1. The Bertz CT molecular complexity index is 541. The third-order valence-electron chi connectivity index (χ3n) is 7.85. The van der Waals surface area contributed by atoms with Gasteiger partial charge in [0.2, 0.25) is 11.8 Å². The van der Waals surface area contributed by atoms with Crippen molar-refractivity contribution in [3.8, 4) is 0 Å². The van der Waals surface area contributed by atoms with Crippen LogP contribution in [-0.2, 0) is 9.59 Å². The molecule has 1 saturated carbocycles. The van der Waals surface area contributed by atoms with Crippen LogP contribution in [0.5, 0.6) is 0 Å². The number of piperidine rings is 2. The van der Waals surface area contributed by atoms with Crippen molar-refractivity contribution in [2.24, 2.45) is 17.8 Å². The van der Waals surface area contributed by atoms with Crippen molar-refractivity contribution in [3.05, 3.63) is 0 Å². The molecule has 0 aromatic heterocycles. The molecule has 3 heterocycles. The van der Waals surface area contributed by atoms with Crippen LogP contribution < -0.4 is 16.0 Å². The molecular weight excluding hydrogens is 364 g/mol. The Balaban J connectivity index is 1.08. The van der Waals surface area contributed by atoms with Gasteiger partial charge in [0.05, 0.1) is 6.04 Å². The highest BCUT2D eigenvalue weighted by Crippen LogP contribution is 2.29. The van der Waals surface area contributed by atoms with E-state index < -0.39 is 0 Å². The molecule has 6 nitrogen and oxygen atoms in total. The van der Waals surface area contributed by atoms with Gasteiger partial charge >= 0.3 is 0 Å². The van der Waals surface area contributed by atoms with Gasteiger partial charge in [-0.15, -0.1) is 0 Å². The summed E-state index contributed by atoms with van der Waals surface area (Å²) in [5, 5.41) is 10.1.